The van der Waals surface area contributed by atoms with Gasteiger partial charge in [-0.25, -0.2) is 5.43 Å². The lowest BCUT2D eigenvalue weighted by Gasteiger charge is -2.19. The zero-order valence-corrected chi connectivity index (χ0v) is 17.9. The Morgan fingerprint density at radius 2 is 1.94 bits per heavy atom. The molecule has 0 unspecified atom stereocenters. The fourth-order valence-corrected chi connectivity index (χ4v) is 3.04. The van der Waals surface area contributed by atoms with E-state index in [0.29, 0.717) is 23.7 Å². The van der Waals surface area contributed by atoms with Crippen LogP contribution in [0.3, 0.4) is 0 Å². The number of hydrazone groups is 1. The van der Waals surface area contributed by atoms with E-state index in [9.17, 15) is 9.59 Å². The Morgan fingerprint density at radius 3 is 2.71 bits per heavy atom. The van der Waals surface area contributed by atoms with Gasteiger partial charge in [0.2, 0.25) is 6.79 Å². The number of nitrogens with zero attached hydrogens (tertiary/aromatic N) is 1. The van der Waals surface area contributed by atoms with Crippen molar-refractivity contribution in [2.24, 2.45) is 11.0 Å². The molecule has 1 atom stereocenters. The molecule has 0 aliphatic carbocycles. The number of benzene rings is 2. The van der Waals surface area contributed by atoms with Gasteiger partial charge in [0.05, 0.1) is 6.21 Å². The third-order valence-electron chi connectivity index (χ3n) is 4.60. The summed E-state index contributed by atoms with van der Waals surface area (Å²) in [5.41, 5.74) is 4.18. The summed E-state index contributed by atoms with van der Waals surface area (Å²) in [5, 5.41) is 6.74. The van der Waals surface area contributed by atoms with Crippen molar-refractivity contribution in [1.82, 2.24) is 10.7 Å². The van der Waals surface area contributed by atoms with E-state index >= 15 is 0 Å². The minimum atomic E-state index is -0.720. The van der Waals surface area contributed by atoms with E-state index in [-0.39, 0.29) is 25.2 Å². The molecule has 8 nitrogen and oxygen atoms in total. The van der Waals surface area contributed by atoms with Gasteiger partial charge >= 0.3 is 0 Å². The molecule has 0 spiro atoms. The van der Waals surface area contributed by atoms with Crippen LogP contribution in [0.25, 0.3) is 0 Å². The highest BCUT2D eigenvalue weighted by Gasteiger charge is 2.22. The summed E-state index contributed by atoms with van der Waals surface area (Å²) in [6, 6.07) is 12.1. The Hall–Kier alpha value is -3.55. The largest absolute Gasteiger partial charge is 0.484 e. The maximum absolute atomic E-state index is 12.6. The first-order valence-corrected chi connectivity index (χ1v) is 10.1. The quantitative estimate of drug-likeness (QED) is 0.476. The smallest absolute Gasteiger partial charge is 0.262 e. The molecule has 0 bridgehead atoms. The standard InChI is InChI=1S/C23H27N3O5/c1-15(2)10-18(25-22(27)13-29-19-7-5-4-6-16(19)3)23(28)26-24-12-17-8-9-20-21(11-17)31-14-30-20/h4-9,11-12,15,18H,10,13-14H2,1-3H3,(H,25,27)(H,26,28)/b24-12-/t18-/m1/s1. The Kier molecular flexibility index (Phi) is 7.48. The number of carbonyl (C=O) groups excluding carboxylic acids is 2. The number of amides is 2. The van der Waals surface area contributed by atoms with Gasteiger partial charge in [-0.2, -0.15) is 5.10 Å². The molecule has 0 fully saturated rings. The van der Waals surface area contributed by atoms with Crippen LogP contribution in [0.4, 0.5) is 0 Å². The van der Waals surface area contributed by atoms with Gasteiger partial charge in [0, 0.05) is 0 Å². The van der Waals surface area contributed by atoms with Crippen molar-refractivity contribution in [2.75, 3.05) is 13.4 Å². The van der Waals surface area contributed by atoms with Crippen molar-refractivity contribution in [3.05, 3.63) is 53.6 Å². The monoisotopic (exact) mass is 425 g/mol. The van der Waals surface area contributed by atoms with Crippen molar-refractivity contribution in [3.63, 3.8) is 0 Å². The number of ether oxygens (including phenoxy) is 3. The molecule has 0 radical (unpaired) electrons. The maximum Gasteiger partial charge on any atom is 0.262 e. The van der Waals surface area contributed by atoms with Gasteiger partial charge < -0.3 is 19.5 Å². The van der Waals surface area contributed by atoms with E-state index < -0.39 is 11.9 Å². The Balaban J connectivity index is 1.54. The van der Waals surface area contributed by atoms with Crippen LogP contribution in [-0.2, 0) is 9.59 Å². The van der Waals surface area contributed by atoms with Crippen LogP contribution < -0.4 is 25.0 Å². The van der Waals surface area contributed by atoms with Gasteiger partial charge in [0.25, 0.3) is 11.8 Å². The van der Waals surface area contributed by atoms with E-state index in [4.69, 9.17) is 14.2 Å². The van der Waals surface area contributed by atoms with E-state index in [1.807, 2.05) is 39.0 Å². The maximum atomic E-state index is 12.6. The molecule has 3 rings (SSSR count). The summed E-state index contributed by atoms with van der Waals surface area (Å²) in [6.45, 7) is 5.88. The lowest BCUT2D eigenvalue weighted by molar-refractivity contribution is -0.130. The van der Waals surface area contributed by atoms with E-state index in [1.165, 1.54) is 6.21 Å². The fraction of sp³-hybridized carbons (Fsp3) is 0.348. The van der Waals surface area contributed by atoms with Crippen LogP contribution in [0.2, 0.25) is 0 Å². The highest BCUT2D eigenvalue weighted by atomic mass is 16.7. The van der Waals surface area contributed by atoms with Crippen LogP contribution in [-0.4, -0.2) is 37.5 Å². The zero-order valence-electron chi connectivity index (χ0n) is 17.9. The molecule has 2 aromatic rings. The number of hydrogen-bond donors (Lipinski definition) is 2. The van der Waals surface area contributed by atoms with E-state index in [1.54, 1.807) is 24.3 Å². The molecular formula is C23H27N3O5. The van der Waals surface area contributed by atoms with Gasteiger partial charge in [-0.05, 0) is 54.7 Å². The van der Waals surface area contributed by atoms with Crippen molar-refractivity contribution >= 4 is 18.0 Å². The Labute approximate surface area is 181 Å². The highest BCUT2D eigenvalue weighted by Crippen LogP contribution is 2.31. The second kappa shape index (κ2) is 10.5. The minimum absolute atomic E-state index is 0.173. The molecule has 164 valence electrons. The predicted octanol–water partition coefficient (Wildman–Crippen LogP) is 2.78. The summed E-state index contributed by atoms with van der Waals surface area (Å²) in [4.78, 5) is 24.9. The van der Waals surface area contributed by atoms with Crippen molar-refractivity contribution in [1.29, 1.82) is 0 Å². The average Bonchev–Trinajstić information content (AvgIpc) is 3.20. The minimum Gasteiger partial charge on any atom is -0.484 e. The number of para-hydroxylation sites is 1. The normalized spacial score (nSPS) is 13.3. The van der Waals surface area contributed by atoms with Gasteiger partial charge in [0.1, 0.15) is 11.8 Å². The molecule has 31 heavy (non-hydrogen) atoms. The summed E-state index contributed by atoms with van der Waals surface area (Å²) in [6.07, 6.45) is 1.98. The third-order valence-corrected chi connectivity index (χ3v) is 4.60. The van der Waals surface area contributed by atoms with Crippen LogP contribution in [0, 0.1) is 12.8 Å². The zero-order chi connectivity index (χ0) is 22.2. The van der Waals surface area contributed by atoms with Crippen LogP contribution >= 0.6 is 0 Å². The van der Waals surface area contributed by atoms with Crippen LogP contribution in [0.15, 0.2) is 47.6 Å². The van der Waals surface area contributed by atoms with Crippen LogP contribution in [0.5, 0.6) is 17.2 Å². The van der Waals surface area contributed by atoms with Crippen LogP contribution in [0.1, 0.15) is 31.4 Å². The number of carbonyl (C=O) groups is 2. The molecule has 1 aliphatic rings. The second-order valence-corrected chi connectivity index (χ2v) is 7.65. The van der Waals surface area contributed by atoms with Crippen molar-refractivity contribution in [2.45, 2.75) is 33.2 Å². The van der Waals surface area contributed by atoms with Crippen molar-refractivity contribution in [3.8, 4) is 17.2 Å². The van der Waals surface area contributed by atoms with Gasteiger partial charge in [-0.15, -0.1) is 0 Å². The average molecular weight is 425 g/mol. The number of rotatable bonds is 9. The SMILES string of the molecule is Cc1ccccc1OCC(=O)N[C@H](CC(C)C)C(=O)N/N=C\c1ccc2c(c1)OCO2. The molecule has 2 aromatic carbocycles. The Morgan fingerprint density at radius 1 is 1.16 bits per heavy atom. The summed E-state index contributed by atoms with van der Waals surface area (Å²) in [7, 11) is 0. The molecule has 0 saturated heterocycles. The molecular weight excluding hydrogens is 398 g/mol. The lowest BCUT2D eigenvalue weighted by Crippen LogP contribution is -2.47. The number of aryl methyl sites for hydroxylation is 1. The molecule has 8 heteroatoms. The predicted molar refractivity (Wildman–Crippen MR) is 116 cm³/mol. The topological polar surface area (TPSA) is 98.2 Å². The summed E-state index contributed by atoms with van der Waals surface area (Å²) in [5.74, 6) is 1.38. The lowest BCUT2D eigenvalue weighted by atomic mass is 10.0. The van der Waals surface area contributed by atoms with Gasteiger partial charge in [-0.1, -0.05) is 32.0 Å². The van der Waals surface area contributed by atoms with E-state index in [2.05, 4.69) is 15.8 Å². The molecule has 1 heterocycles. The molecule has 2 N–H and O–H groups in total. The Bertz CT molecular complexity index is 958. The first-order valence-electron chi connectivity index (χ1n) is 10.1. The number of hydrogen-bond acceptors (Lipinski definition) is 6. The molecule has 2 amide bonds. The van der Waals surface area contributed by atoms with Gasteiger partial charge in [0.15, 0.2) is 18.1 Å². The second-order valence-electron chi connectivity index (χ2n) is 7.65. The third kappa shape index (κ3) is 6.47. The summed E-state index contributed by atoms with van der Waals surface area (Å²) < 4.78 is 16.2. The van der Waals surface area contributed by atoms with E-state index in [0.717, 1.165) is 11.1 Å². The first-order chi connectivity index (χ1) is 14.9. The first kappa shape index (κ1) is 22.1. The fourth-order valence-electron chi connectivity index (χ4n) is 3.04. The molecule has 0 aromatic heterocycles. The van der Waals surface area contributed by atoms with Gasteiger partial charge in [-0.3, -0.25) is 9.59 Å². The number of fused-ring (bicyclic) bond motifs is 1. The molecule has 0 saturated carbocycles. The number of nitrogens with one attached hydrogen (secondary N) is 2. The van der Waals surface area contributed by atoms with Crippen molar-refractivity contribution < 1.29 is 23.8 Å². The molecule has 1 aliphatic heterocycles. The summed E-state index contributed by atoms with van der Waals surface area (Å²) >= 11 is 0. The highest BCUT2D eigenvalue weighted by molar-refractivity contribution is 5.89.